The first kappa shape index (κ1) is 20.7. The Kier molecular flexibility index (Phi) is 6.08. The van der Waals surface area contributed by atoms with Gasteiger partial charge in [-0.1, -0.05) is 11.6 Å². The van der Waals surface area contributed by atoms with Crippen LogP contribution in [0.25, 0.3) is 0 Å². The maximum atomic E-state index is 12.7. The smallest absolute Gasteiger partial charge is 0.292 e. The first-order chi connectivity index (χ1) is 15.0. The number of anilines is 2. The molecule has 2 heterocycles. The molecule has 1 aromatic heterocycles. The zero-order valence-electron chi connectivity index (χ0n) is 16.7. The first-order valence-electron chi connectivity index (χ1n) is 9.86. The first-order valence-corrected chi connectivity index (χ1v) is 10.2. The summed E-state index contributed by atoms with van der Waals surface area (Å²) in [5, 5.41) is 15.1. The van der Waals surface area contributed by atoms with Gasteiger partial charge in [-0.15, -0.1) is 0 Å². The molecule has 0 radical (unpaired) electrons. The van der Waals surface area contributed by atoms with E-state index >= 15 is 0 Å². The molecule has 4 rings (SSSR count). The Labute approximate surface area is 184 Å². The van der Waals surface area contributed by atoms with Crippen LogP contribution in [0, 0.1) is 10.1 Å². The maximum Gasteiger partial charge on any atom is 0.292 e. The highest BCUT2D eigenvalue weighted by Gasteiger charge is 2.24. The van der Waals surface area contributed by atoms with Crippen LogP contribution >= 0.6 is 11.6 Å². The summed E-state index contributed by atoms with van der Waals surface area (Å²) in [6.45, 7) is 2.74. The average molecular weight is 441 g/mol. The Bertz CT molecular complexity index is 1060. The van der Waals surface area contributed by atoms with Gasteiger partial charge in [0.1, 0.15) is 11.4 Å². The van der Waals surface area contributed by atoms with Gasteiger partial charge in [-0.25, -0.2) is 0 Å². The Morgan fingerprint density at radius 2 is 1.84 bits per heavy atom. The third-order valence-corrected chi connectivity index (χ3v) is 5.49. The van der Waals surface area contributed by atoms with E-state index in [0.29, 0.717) is 54.8 Å². The summed E-state index contributed by atoms with van der Waals surface area (Å²) < 4.78 is 5.29. The average Bonchev–Trinajstić information content (AvgIpc) is 3.31. The standard InChI is InChI=1S/C22H21ClN4O4/c23-17-5-3-16(4-6-17)22(28)26-11-9-25(10-12-26)18-7-8-21(27(29)30)20(14-18)24-15-19-2-1-13-31-19/h1-8,13-14,24H,9-12,15H2. The molecule has 1 N–H and O–H groups in total. The van der Waals surface area contributed by atoms with Crippen molar-refractivity contribution in [3.8, 4) is 0 Å². The van der Waals surface area contributed by atoms with Crippen LogP contribution in [0.5, 0.6) is 0 Å². The lowest BCUT2D eigenvalue weighted by molar-refractivity contribution is -0.384. The number of amides is 1. The summed E-state index contributed by atoms with van der Waals surface area (Å²) in [6.07, 6.45) is 1.56. The second-order valence-corrected chi connectivity index (χ2v) is 7.61. The lowest BCUT2D eigenvalue weighted by atomic mass is 10.1. The topological polar surface area (TPSA) is 91.9 Å². The van der Waals surface area contributed by atoms with E-state index < -0.39 is 4.92 Å². The molecule has 1 saturated heterocycles. The number of hydrogen-bond acceptors (Lipinski definition) is 6. The van der Waals surface area contributed by atoms with Crippen LogP contribution in [-0.4, -0.2) is 41.9 Å². The molecule has 0 unspecified atom stereocenters. The number of hydrogen-bond donors (Lipinski definition) is 1. The molecule has 1 fully saturated rings. The van der Waals surface area contributed by atoms with Crippen molar-refractivity contribution < 1.29 is 14.1 Å². The van der Waals surface area contributed by atoms with E-state index in [4.69, 9.17) is 16.0 Å². The fourth-order valence-corrected chi connectivity index (χ4v) is 3.69. The fraction of sp³-hybridized carbons (Fsp3) is 0.227. The number of benzene rings is 2. The quantitative estimate of drug-likeness (QED) is 0.450. The van der Waals surface area contributed by atoms with Crippen LogP contribution in [0.3, 0.4) is 0 Å². The highest BCUT2D eigenvalue weighted by atomic mass is 35.5. The molecular formula is C22H21ClN4O4. The van der Waals surface area contributed by atoms with E-state index in [1.807, 2.05) is 0 Å². The lowest BCUT2D eigenvalue weighted by Gasteiger charge is -2.36. The minimum atomic E-state index is -0.406. The molecule has 0 atom stereocenters. The summed E-state index contributed by atoms with van der Waals surface area (Å²) in [7, 11) is 0. The van der Waals surface area contributed by atoms with E-state index in [1.54, 1.807) is 59.7 Å². The number of nitro groups is 1. The lowest BCUT2D eigenvalue weighted by Crippen LogP contribution is -2.48. The molecule has 1 aliphatic rings. The van der Waals surface area contributed by atoms with Crippen molar-refractivity contribution in [1.29, 1.82) is 0 Å². The predicted molar refractivity (Wildman–Crippen MR) is 119 cm³/mol. The summed E-state index contributed by atoms with van der Waals surface area (Å²) in [4.78, 5) is 27.6. The van der Waals surface area contributed by atoms with Crippen molar-refractivity contribution in [1.82, 2.24) is 4.90 Å². The molecule has 0 aliphatic carbocycles. The molecule has 2 aromatic carbocycles. The number of rotatable bonds is 6. The van der Waals surface area contributed by atoms with Crippen molar-refractivity contribution in [3.05, 3.63) is 87.3 Å². The molecule has 0 bridgehead atoms. The number of halogens is 1. The van der Waals surface area contributed by atoms with Crippen molar-refractivity contribution in [2.75, 3.05) is 36.4 Å². The molecule has 1 amide bonds. The SMILES string of the molecule is O=C(c1ccc(Cl)cc1)N1CCN(c2ccc([N+](=O)[O-])c(NCc3ccco3)c2)CC1. The molecule has 3 aromatic rings. The molecule has 0 spiro atoms. The molecule has 0 saturated carbocycles. The van der Waals surface area contributed by atoms with Crippen LogP contribution in [0.1, 0.15) is 16.1 Å². The van der Waals surface area contributed by atoms with Crippen LogP contribution in [0.2, 0.25) is 5.02 Å². The summed E-state index contributed by atoms with van der Waals surface area (Å²) in [6, 6.07) is 15.5. The summed E-state index contributed by atoms with van der Waals surface area (Å²) >= 11 is 5.90. The van der Waals surface area contributed by atoms with E-state index in [-0.39, 0.29) is 11.6 Å². The van der Waals surface area contributed by atoms with Gasteiger partial charge >= 0.3 is 0 Å². The zero-order valence-corrected chi connectivity index (χ0v) is 17.4. The van der Waals surface area contributed by atoms with Crippen molar-refractivity contribution in [2.24, 2.45) is 0 Å². The van der Waals surface area contributed by atoms with Gasteiger partial charge in [0.15, 0.2) is 0 Å². The number of carbonyl (C=O) groups excluding carboxylic acids is 1. The molecule has 1 aliphatic heterocycles. The number of furan rings is 1. The Balaban J connectivity index is 1.43. The monoisotopic (exact) mass is 440 g/mol. The highest BCUT2D eigenvalue weighted by Crippen LogP contribution is 2.30. The second kappa shape index (κ2) is 9.09. The minimum absolute atomic E-state index is 0.00635. The van der Waals surface area contributed by atoms with E-state index in [9.17, 15) is 14.9 Å². The van der Waals surface area contributed by atoms with Crippen molar-refractivity contribution >= 4 is 34.6 Å². The number of nitrogens with one attached hydrogen (secondary N) is 1. The van der Waals surface area contributed by atoms with E-state index in [2.05, 4.69) is 10.2 Å². The Hall–Kier alpha value is -3.52. The van der Waals surface area contributed by atoms with Gasteiger partial charge in [-0.05, 0) is 48.5 Å². The number of carbonyl (C=O) groups is 1. The third kappa shape index (κ3) is 4.80. The van der Waals surface area contributed by atoms with Gasteiger partial charge in [0.25, 0.3) is 11.6 Å². The van der Waals surface area contributed by atoms with Gasteiger partial charge in [-0.3, -0.25) is 14.9 Å². The second-order valence-electron chi connectivity index (χ2n) is 7.18. The Morgan fingerprint density at radius 3 is 2.48 bits per heavy atom. The molecule has 9 heteroatoms. The van der Waals surface area contributed by atoms with Crippen LogP contribution in [0.15, 0.2) is 65.3 Å². The normalized spacial score (nSPS) is 13.8. The molecule has 31 heavy (non-hydrogen) atoms. The van der Waals surface area contributed by atoms with Crippen molar-refractivity contribution in [2.45, 2.75) is 6.54 Å². The van der Waals surface area contributed by atoms with Gasteiger partial charge in [0.2, 0.25) is 0 Å². The van der Waals surface area contributed by atoms with Gasteiger partial charge in [0.05, 0.1) is 17.7 Å². The molecule has 160 valence electrons. The van der Waals surface area contributed by atoms with E-state index in [1.165, 1.54) is 6.07 Å². The van der Waals surface area contributed by atoms with Gasteiger partial charge < -0.3 is 19.5 Å². The van der Waals surface area contributed by atoms with Crippen molar-refractivity contribution in [3.63, 3.8) is 0 Å². The van der Waals surface area contributed by atoms with Crippen LogP contribution in [0.4, 0.5) is 17.1 Å². The van der Waals surface area contributed by atoms with Crippen LogP contribution < -0.4 is 10.2 Å². The van der Waals surface area contributed by atoms with Crippen LogP contribution in [-0.2, 0) is 6.54 Å². The van der Waals surface area contributed by atoms with E-state index in [0.717, 1.165) is 5.69 Å². The maximum absolute atomic E-state index is 12.7. The fourth-order valence-electron chi connectivity index (χ4n) is 3.56. The minimum Gasteiger partial charge on any atom is -0.467 e. The number of nitrogens with zero attached hydrogens (tertiary/aromatic N) is 3. The highest BCUT2D eigenvalue weighted by molar-refractivity contribution is 6.30. The summed E-state index contributed by atoms with van der Waals surface area (Å²) in [5.41, 5.74) is 1.91. The number of piperazine rings is 1. The third-order valence-electron chi connectivity index (χ3n) is 5.23. The Morgan fingerprint density at radius 1 is 1.10 bits per heavy atom. The van der Waals surface area contributed by atoms with Gasteiger partial charge in [0, 0.05) is 48.5 Å². The van der Waals surface area contributed by atoms with Gasteiger partial charge in [-0.2, -0.15) is 0 Å². The molecular weight excluding hydrogens is 420 g/mol. The number of nitro benzene ring substituents is 1. The largest absolute Gasteiger partial charge is 0.467 e. The zero-order chi connectivity index (χ0) is 21.8. The predicted octanol–water partition coefficient (Wildman–Crippen LogP) is 4.42. The molecule has 8 nitrogen and oxygen atoms in total. The summed E-state index contributed by atoms with van der Waals surface area (Å²) in [5.74, 6) is 0.662.